The molecule has 0 aliphatic carbocycles. The number of carbonyl (C=O) groups is 4. The second-order valence-electron chi connectivity index (χ2n) is 8.24. The predicted molar refractivity (Wildman–Crippen MR) is 141 cm³/mol. The number of esters is 2. The van der Waals surface area contributed by atoms with Crippen LogP contribution in [0.15, 0.2) is 53.0 Å². The summed E-state index contributed by atoms with van der Waals surface area (Å²) in [6.45, 7) is 5.45. The molecule has 208 valence electrons. The van der Waals surface area contributed by atoms with Crippen LogP contribution in [0.2, 0.25) is 0 Å². The minimum Gasteiger partial charge on any atom is -0.489 e. The van der Waals surface area contributed by atoms with Gasteiger partial charge in [0.05, 0.1) is 12.2 Å². The summed E-state index contributed by atoms with van der Waals surface area (Å²) in [5, 5.41) is 14.8. The van der Waals surface area contributed by atoms with Crippen LogP contribution in [0.1, 0.15) is 57.8 Å². The predicted octanol–water partition coefficient (Wildman–Crippen LogP) is 4.92. The quantitative estimate of drug-likeness (QED) is 0.422. The molecule has 0 radical (unpaired) electrons. The Labute approximate surface area is 230 Å². The van der Waals surface area contributed by atoms with Gasteiger partial charge in [-0.05, 0) is 29.8 Å². The summed E-state index contributed by atoms with van der Waals surface area (Å²) in [6, 6.07) is 15.6. The van der Waals surface area contributed by atoms with Gasteiger partial charge in [0.25, 0.3) is 11.9 Å². The average Bonchev–Trinajstić information content (AvgIpc) is 2.81. The Morgan fingerprint density at radius 1 is 0.921 bits per heavy atom. The number of aliphatic carboxylic acids is 2. The number of halogens is 1. The molecule has 3 atom stereocenters. The van der Waals surface area contributed by atoms with Gasteiger partial charge in [-0.2, -0.15) is 0 Å². The van der Waals surface area contributed by atoms with E-state index in [1.807, 2.05) is 48.5 Å². The van der Waals surface area contributed by atoms with Crippen LogP contribution in [0.25, 0.3) is 0 Å². The summed E-state index contributed by atoms with van der Waals surface area (Å²) in [5.74, 6) is -1.58. The lowest BCUT2D eigenvalue weighted by Gasteiger charge is -2.35. The summed E-state index contributed by atoms with van der Waals surface area (Å²) >= 11 is 3.58. The molecule has 0 aromatic heterocycles. The molecular weight excluding hydrogens is 564 g/mol. The average molecular weight is 597 g/mol. The van der Waals surface area contributed by atoms with Crippen molar-refractivity contribution in [2.24, 2.45) is 0 Å². The number of rotatable bonds is 7. The van der Waals surface area contributed by atoms with Crippen molar-refractivity contribution in [1.82, 2.24) is 0 Å². The second kappa shape index (κ2) is 17.1. The van der Waals surface area contributed by atoms with Crippen molar-refractivity contribution >= 4 is 39.8 Å². The Bertz CT molecular complexity index is 1040. The van der Waals surface area contributed by atoms with Gasteiger partial charge in [-0.15, -0.1) is 0 Å². The molecule has 2 aromatic rings. The molecule has 10 nitrogen and oxygen atoms in total. The summed E-state index contributed by atoms with van der Waals surface area (Å²) in [4.78, 5) is 40.7. The minimum absolute atomic E-state index is 0.129. The van der Waals surface area contributed by atoms with Gasteiger partial charge in [0.2, 0.25) is 0 Å². The third-order valence-electron chi connectivity index (χ3n) is 4.74. The van der Waals surface area contributed by atoms with Crippen LogP contribution in [0.4, 0.5) is 0 Å². The Morgan fingerprint density at radius 2 is 1.53 bits per heavy atom. The van der Waals surface area contributed by atoms with Crippen molar-refractivity contribution < 1.29 is 48.3 Å². The Morgan fingerprint density at radius 3 is 2.08 bits per heavy atom. The number of para-hydroxylation sites is 1. The zero-order valence-corrected chi connectivity index (χ0v) is 23.3. The molecule has 1 aliphatic heterocycles. The van der Waals surface area contributed by atoms with Gasteiger partial charge in [-0.25, -0.2) is 0 Å². The van der Waals surface area contributed by atoms with Crippen molar-refractivity contribution in [3.05, 3.63) is 64.1 Å². The maximum absolute atomic E-state index is 11.5. The van der Waals surface area contributed by atoms with E-state index in [1.165, 1.54) is 13.8 Å². The molecule has 38 heavy (non-hydrogen) atoms. The number of carboxylic acid groups (broad SMARTS) is 2. The van der Waals surface area contributed by atoms with E-state index >= 15 is 0 Å². The topological polar surface area (TPSA) is 146 Å². The number of hydrogen-bond acceptors (Lipinski definition) is 8. The summed E-state index contributed by atoms with van der Waals surface area (Å²) in [7, 11) is 0. The zero-order chi connectivity index (χ0) is 28.7. The van der Waals surface area contributed by atoms with E-state index in [-0.39, 0.29) is 36.9 Å². The summed E-state index contributed by atoms with van der Waals surface area (Å²) in [6.07, 6.45) is 0.104. The first-order chi connectivity index (χ1) is 17.9. The highest BCUT2D eigenvalue weighted by molar-refractivity contribution is 9.10. The molecular formula is C27H33BrO10. The van der Waals surface area contributed by atoms with E-state index < -0.39 is 11.9 Å². The molecule has 2 aromatic carbocycles. The van der Waals surface area contributed by atoms with Gasteiger partial charge in [0.15, 0.2) is 0 Å². The first-order valence-corrected chi connectivity index (χ1v) is 12.5. The fourth-order valence-corrected chi connectivity index (χ4v) is 3.78. The van der Waals surface area contributed by atoms with Crippen molar-refractivity contribution in [3.8, 4) is 5.75 Å². The van der Waals surface area contributed by atoms with Gasteiger partial charge in [0.1, 0.15) is 25.1 Å². The van der Waals surface area contributed by atoms with Gasteiger partial charge >= 0.3 is 11.9 Å². The Hall–Kier alpha value is -3.44. The molecule has 0 amide bonds. The first kappa shape index (κ1) is 32.6. The van der Waals surface area contributed by atoms with E-state index in [9.17, 15) is 9.59 Å². The van der Waals surface area contributed by atoms with Crippen LogP contribution < -0.4 is 4.74 Å². The smallest absolute Gasteiger partial charge is 0.302 e. The van der Waals surface area contributed by atoms with E-state index in [4.69, 9.17) is 38.7 Å². The zero-order valence-electron chi connectivity index (χ0n) is 21.7. The van der Waals surface area contributed by atoms with Gasteiger partial charge in [-0.1, -0.05) is 40.2 Å². The highest BCUT2D eigenvalue weighted by Gasteiger charge is 2.33. The largest absolute Gasteiger partial charge is 0.489 e. The Balaban J connectivity index is 0.000000794. The van der Waals surface area contributed by atoms with Crippen LogP contribution in [0.5, 0.6) is 5.75 Å². The molecule has 3 rings (SSSR count). The third-order valence-corrected chi connectivity index (χ3v) is 5.52. The Kier molecular flexibility index (Phi) is 14.7. The highest BCUT2D eigenvalue weighted by Crippen LogP contribution is 2.35. The van der Waals surface area contributed by atoms with Crippen LogP contribution in [-0.4, -0.2) is 52.9 Å². The lowest BCUT2D eigenvalue weighted by Crippen LogP contribution is -2.36. The maximum atomic E-state index is 11.5. The van der Waals surface area contributed by atoms with E-state index in [0.29, 0.717) is 19.4 Å². The van der Waals surface area contributed by atoms with Gasteiger partial charge < -0.3 is 29.2 Å². The van der Waals surface area contributed by atoms with Crippen molar-refractivity contribution in [1.29, 1.82) is 0 Å². The second-order valence-corrected chi connectivity index (χ2v) is 9.10. The normalized spacial score (nSPS) is 17.9. The fourth-order valence-electron chi connectivity index (χ4n) is 3.42. The van der Waals surface area contributed by atoms with Crippen LogP contribution in [0, 0.1) is 0 Å². The maximum Gasteiger partial charge on any atom is 0.302 e. The summed E-state index contributed by atoms with van der Waals surface area (Å²) < 4.78 is 23.5. The fraction of sp³-hybridized carbons (Fsp3) is 0.407. The van der Waals surface area contributed by atoms with Crippen LogP contribution in [0.3, 0.4) is 0 Å². The first-order valence-electron chi connectivity index (χ1n) is 11.7. The summed E-state index contributed by atoms with van der Waals surface area (Å²) in [5.41, 5.74) is 1.93. The van der Waals surface area contributed by atoms with E-state index in [0.717, 1.165) is 35.2 Å². The lowest BCUT2D eigenvalue weighted by molar-refractivity contribution is -0.169. The van der Waals surface area contributed by atoms with Crippen LogP contribution >= 0.6 is 15.9 Å². The molecule has 0 spiro atoms. The molecule has 1 fully saturated rings. The van der Waals surface area contributed by atoms with Crippen molar-refractivity contribution in [3.63, 3.8) is 0 Å². The molecule has 3 unspecified atom stereocenters. The van der Waals surface area contributed by atoms with E-state index in [2.05, 4.69) is 15.9 Å². The molecule has 11 heteroatoms. The number of ether oxygens (including phenoxy) is 4. The number of benzene rings is 2. The lowest BCUT2D eigenvalue weighted by atomic mass is 9.95. The molecule has 1 heterocycles. The minimum atomic E-state index is -0.833. The van der Waals surface area contributed by atoms with E-state index in [1.54, 1.807) is 0 Å². The number of hydrogen-bond donors (Lipinski definition) is 2. The molecule has 2 N–H and O–H groups in total. The van der Waals surface area contributed by atoms with Gasteiger partial charge in [-0.3, -0.25) is 19.2 Å². The molecule has 1 saturated heterocycles. The van der Waals surface area contributed by atoms with Crippen molar-refractivity contribution in [2.75, 3.05) is 6.61 Å². The van der Waals surface area contributed by atoms with Crippen LogP contribution in [-0.2, 0) is 40.0 Å². The molecule has 0 saturated carbocycles. The van der Waals surface area contributed by atoms with Gasteiger partial charge in [0, 0.05) is 50.6 Å². The molecule has 0 bridgehead atoms. The SMILES string of the molecule is CC(=O)O.CC(=O)O.CC(=O)OCC1CC(OC(C)=O)CC(c2ccc(Br)c(COc3ccccc3)c2)O1. The molecule has 1 aliphatic rings. The third kappa shape index (κ3) is 14.3. The monoisotopic (exact) mass is 596 g/mol. The number of carbonyl (C=O) groups excluding carboxylic acids is 2. The highest BCUT2D eigenvalue weighted by atomic mass is 79.9. The number of carboxylic acids is 2. The standard InChI is InChI=1S/C23H25BrO6.2C2H4O2/c1-15(25)27-14-21-11-20(29-16(2)26)12-23(30-21)17-8-9-22(24)18(10-17)13-28-19-6-4-3-5-7-19;2*1-2(3)4/h3-10,20-21,23H,11-14H2,1-2H3;2*1H3,(H,3,4). The van der Waals surface area contributed by atoms with Crippen molar-refractivity contribution in [2.45, 2.75) is 65.5 Å².